The molecule has 1 amide bonds. The van der Waals surface area contributed by atoms with Gasteiger partial charge in [-0.2, -0.15) is 0 Å². The van der Waals surface area contributed by atoms with E-state index in [9.17, 15) is 9.59 Å². The number of carbonyl (C=O) groups excluding carboxylic acids is 1. The molecule has 0 aromatic heterocycles. The topological polar surface area (TPSA) is 122 Å². The maximum atomic E-state index is 11.3. The Bertz CT molecular complexity index is 267. The van der Waals surface area contributed by atoms with Gasteiger partial charge in [0.1, 0.15) is 6.54 Å². The van der Waals surface area contributed by atoms with E-state index >= 15 is 0 Å². The largest absolute Gasteiger partial charge is 0.480 e. The lowest BCUT2D eigenvalue weighted by molar-refractivity contribution is -0.139. The second-order valence-corrected chi connectivity index (χ2v) is 3.32. The van der Waals surface area contributed by atoms with Crippen LogP contribution in [0.15, 0.2) is 12.2 Å². The van der Waals surface area contributed by atoms with Crippen molar-refractivity contribution in [1.82, 2.24) is 10.4 Å². The van der Waals surface area contributed by atoms with Crippen LogP contribution >= 0.6 is 0 Å². The van der Waals surface area contributed by atoms with Crippen LogP contribution in [-0.4, -0.2) is 48.2 Å². The molecule has 0 aliphatic rings. The molecule has 0 radical (unpaired) electrons. The van der Waals surface area contributed by atoms with Crippen LogP contribution in [0, 0.1) is 0 Å². The van der Waals surface area contributed by atoms with Crippen LogP contribution < -0.4 is 16.9 Å². The van der Waals surface area contributed by atoms with Crippen molar-refractivity contribution in [3.05, 3.63) is 12.2 Å². The number of nitrogens with zero attached hydrogens (tertiary/aromatic N) is 1. The van der Waals surface area contributed by atoms with Crippen LogP contribution in [0.5, 0.6) is 0 Å². The Balaban J connectivity index is 3.89. The van der Waals surface area contributed by atoms with Crippen molar-refractivity contribution < 1.29 is 14.7 Å². The molecule has 0 aromatic rings. The summed E-state index contributed by atoms with van der Waals surface area (Å²) in [6, 6.07) is -0.415. The van der Waals surface area contributed by atoms with Crippen LogP contribution in [0.4, 0.5) is 0 Å². The zero-order valence-electron chi connectivity index (χ0n) is 9.22. The van der Waals surface area contributed by atoms with Crippen molar-refractivity contribution >= 4 is 11.9 Å². The van der Waals surface area contributed by atoms with E-state index < -0.39 is 12.0 Å². The third-order valence-corrected chi connectivity index (χ3v) is 1.63. The van der Waals surface area contributed by atoms with E-state index in [-0.39, 0.29) is 18.9 Å². The number of likely N-dealkylation sites (N-methyl/N-ethyl adjacent to an activating group) is 1. The summed E-state index contributed by atoms with van der Waals surface area (Å²) in [5.41, 5.74) is 13.2. The number of hydrogen-bond donors (Lipinski definition) is 4. The van der Waals surface area contributed by atoms with Crippen LogP contribution in [0.1, 0.15) is 6.42 Å². The van der Waals surface area contributed by atoms with Crippen LogP contribution in [0.25, 0.3) is 0 Å². The summed E-state index contributed by atoms with van der Waals surface area (Å²) >= 11 is 0. The van der Waals surface area contributed by atoms with Gasteiger partial charge in [-0.3, -0.25) is 15.0 Å². The summed E-state index contributed by atoms with van der Waals surface area (Å²) < 4.78 is 0. The average Bonchev–Trinajstić information content (AvgIpc) is 2.12. The summed E-state index contributed by atoms with van der Waals surface area (Å²) in [5.74, 6) is -1.35. The molecule has 0 saturated heterocycles. The minimum Gasteiger partial charge on any atom is -0.480 e. The van der Waals surface area contributed by atoms with Gasteiger partial charge in [-0.15, -0.1) is 0 Å². The molecule has 92 valence electrons. The third-order valence-electron chi connectivity index (χ3n) is 1.63. The van der Waals surface area contributed by atoms with E-state index in [0.29, 0.717) is 6.54 Å². The zero-order chi connectivity index (χ0) is 12.6. The van der Waals surface area contributed by atoms with Crippen molar-refractivity contribution in [2.24, 2.45) is 11.5 Å². The summed E-state index contributed by atoms with van der Waals surface area (Å²) in [6.45, 7) is 0.105. The van der Waals surface area contributed by atoms with E-state index in [1.54, 1.807) is 12.2 Å². The molecule has 1 atom stereocenters. The van der Waals surface area contributed by atoms with E-state index in [0.717, 1.165) is 0 Å². The Kier molecular flexibility index (Phi) is 7.10. The average molecular weight is 230 g/mol. The van der Waals surface area contributed by atoms with Gasteiger partial charge in [-0.1, -0.05) is 12.2 Å². The highest BCUT2D eigenvalue weighted by atomic mass is 16.4. The Hall–Kier alpha value is -1.44. The fourth-order valence-electron chi connectivity index (χ4n) is 1.04. The molecule has 6 N–H and O–H groups in total. The second kappa shape index (κ2) is 7.80. The van der Waals surface area contributed by atoms with Gasteiger partial charge in [0.25, 0.3) is 0 Å². The highest BCUT2D eigenvalue weighted by Gasteiger charge is 2.10. The molecule has 0 spiro atoms. The number of nitrogens with one attached hydrogen (secondary N) is 1. The SMILES string of the molecule is CN(CC(=O)O)NC(=O)C[C@H](N)/C=C/CN. The smallest absolute Gasteiger partial charge is 0.319 e. The lowest BCUT2D eigenvalue weighted by Crippen LogP contribution is -2.43. The lowest BCUT2D eigenvalue weighted by Gasteiger charge is -2.16. The monoisotopic (exact) mass is 230 g/mol. The van der Waals surface area contributed by atoms with E-state index in [1.165, 1.54) is 12.1 Å². The Labute approximate surface area is 94.0 Å². The molecular formula is C9H18N4O3. The standard InChI is InChI=1S/C9H18N4O3/c1-13(6-9(15)16)12-8(14)5-7(11)3-2-4-10/h2-3,7H,4-6,10-11H2,1H3,(H,12,14)(H,15,16)/b3-2+/t7-/m1/s1. The number of carboxylic acid groups (broad SMARTS) is 1. The maximum absolute atomic E-state index is 11.3. The molecule has 0 rings (SSSR count). The summed E-state index contributed by atoms with van der Waals surface area (Å²) in [4.78, 5) is 21.6. The van der Waals surface area contributed by atoms with Gasteiger partial charge in [0.15, 0.2) is 0 Å². The lowest BCUT2D eigenvalue weighted by atomic mass is 10.2. The van der Waals surface area contributed by atoms with Crippen molar-refractivity contribution in [3.63, 3.8) is 0 Å². The van der Waals surface area contributed by atoms with Gasteiger partial charge in [0.05, 0.1) is 0 Å². The number of hydrogen-bond acceptors (Lipinski definition) is 5. The highest BCUT2D eigenvalue weighted by molar-refractivity contribution is 5.77. The minimum absolute atomic E-state index is 0.0838. The molecule has 16 heavy (non-hydrogen) atoms. The second-order valence-electron chi connectivity index (χ2n) is 3.32. The van der Waals surface area contributed by atoms with Crippen molar-refractivity contribution in [2.45, 2.75) is 12.5 Å². The van der Waals surface area contributed by atoms with Gasteiger partial charge in [0, 0.05) is 26.1 Å². The van der Waals surface area contributed by atoms with Crippen LogP contribution in [0.3, 0.4) is 0 Å². The van der Waals surface area contributed by atoms with Crippen LogP contribution in [0.2, 0.25) is 0 Å². The molecule has 0 unspecified atom stereocenters. The fourth-order valence-corrected chi connectivity index (χ4v) is 1.04. The molecule has 0 heterocycles. The number of hydrazine groups is 1. The first-order chi connectivity index (χ1) is 7.45. The number of carbonyl (C=O) groups is 2. The van der Waals surface area contributed by atoms with Crippen LogP contribution in [-0.2, 0) is 9.59 Å². The predicted molar refractivity (Wildman–Crippen MR) is 59.2 cm³/mol. The van der Waals surface area contributed by atoms with Gasteiger partial charge < -0.3 is 16.6 Å². The number of carboxylic acids is 1. The molecular weight excluding hydrogens is 212 g/mol. The van der Waals surface area contributed by atoms with E-state index in [2.05, 4.69) is 5.43 Å². The number of rotatable bonds is 7. The molecule has 7 nitrogen and oxygen atoms in total. The normalized spacial score (nSPS) is 13.0. The number of aliphatic carboxylic acids is 1. The van der Waals surface area contributed by atoms with Gasteiger partial charge in [-0.05, 0) is 0 Å². The first-order valence-electron chi connectivity index (χ1n) is 4.80. The zero-order valence-corrected chi connectivity index (χ0v) is 9.22. The predicted octanol–water partition coefficient (Wildman–Crippen LogP) is -1.73. The van der Waals surface area contributed by atoms with E-state index in [4.69, 9.17) is 16.6 Å². The highest BCUT2D eigenvalue weighted by Crippen LogP contribution is 1.91. The minimum atomic E-state index is -1.02. The summed E-state index contributed by atoms with van der Waals surface area (Å²) in [5, 5.41) is 9.64. The molecule has 0 fully saturated rings. The van der Waals surface area contributed by atoms with Gasteiger partial charge >= 0.3 is 5.97 Å². The molecule has 0 aromatic carbocycles. The van der Waals surface area contributed by atoms with Gasteiger partial charge in [0.2, 0.25) is 5.91 Å². The van der Waals surface area contributed by atoms with Gasteiger partial charge in [-0.25, -0.2) is 5.01 Å². The molecule has 0 saturated carbocycles. The summed E-state index contributed by atoms with van der Waals surface area (Å²) in [6.07, 6.45) is 3.39. The summed E-state index contributed by atoms with van der Waals surface area (Å²) in [7, 11) is 1.47. The third kappa shape index (κ3) is 7.92. The first-order valence-corrected chi connectivity index (χ1v) is 4.80. The first kappa shape index (κ1) is 14.6. The van der Waals surface area contributed by atoms with Crippen molar-refractivity contribution in [2.75, 3.05) is 20.1 Å². The molecule has 0 aliphatic carbocycles. The Morgan fingerprint density at radius 1 is 1.56 bits per heavy atom. The molecule has 7 heteroatoms. The fraction of sp³-hybridized carbons (Fsp3) is 0.556. The maximum Gasteiger partial charge on any atom is 0.319 e. The number of nitrogens with two attached hydrogens (primary N) is 2. The molecule has 0 aliphatic heterocycles. The van der Waals surface area contributed by atoms with Crippen molar-refractivity contribution in [1.29, 1.82) is 0 Å². The van der Waals surface area contributed by atoms with E-state index in [1.807, 2.05) is 0 Å². The Morgan fingerprint density at radius 2 is 2.19 bits per heavy atom. The molecule has 0 bridgehead atoms. The number of amides is 1. The quantitative estimate of drug-likeness (QED) is 0.304. The van der Waals surface area contributed by atoms with Crippen molar-refractivity contribution in [3.8, 4) is 0 Å². The Morgan fingerprint density at radius 3 is 2.69 bits per heavy atom.